The second kappa shape index (κ2) is 8.09. The number of benzene rings is 2. The van der Waals surface area contributed by atoms with Gasteiger partial charge in [-0.05, 0) is 36.4 Å². The predicted molar refractivity (Wildman–Crippen MR) is 104 cm³/mol. The lowest BCUT2D eigenvalue weighted by Crippen LogP contribution is -2.03. The van der Waals surface area contributed by atoms with Gasteiger partial charge in [-0.3, -0.25) is 10.1 Å². The van der Waals surface area contributed by atoms with Gasteiger partial charge in [0.1, 0.15) is 6.33 Å². The SMILES string of the molecule is O=[N+]([O-])c1c(Nc2cccc(Cl)c2Cl)ncnc1Sc1ccc(Cl)cc1. The molecule has 26 heavy (non-hydrogen) atoms. The molecule has 2 aromatic carbocycles. The van der Waals surface area contributed by atoms with E-state index in [2.05, 4.69) is 15.3 Å². The molecular weight excluding hydrogens is 419 g/mol. The molecule has 1 heterocycles. The number of anilines is 2. The van der Waals surface area contributed by atoms with Gasteiger partial charge in [0.05, 0.1) is 20.7 Å². The number of rotatable bonds is 5. The van der Waals surface area contributed by atoms with Gasteiger partial charge in [-0.1, -0.05) is 52.6 Å². The summed E-state index contributed by atoms with van der Waals surface area (Å²) in [5.74, 6) is 0.0191. The van der Waals surface area contributed by atoms with Crippen molar-refractivity contribution in [3.8, 4) is 0 Å². The van der Waals surface area contributed by atoms with Crippen LogP contribution in [0.4, 0.5) is 17.2 Å². The maximum absolute atomic E-state index is 11.6. The fraction of sp³-hybridized carbons (Fsp3) is 0. The number of nitrogens with one attached hydrogen (secondary N) is 1. The van der Waals surface area contributed by atoms with Crippen molar-refractivity contribution in [2.24, 2.45) is 0 Å². The average Bonchev–Trinajstić information content (AvgIpc) is 2.61. The molecule has 0 spiro atoms. The number of hydrogen-bond acceptors (Lipinski definition) is 6. The smallest absolute Gasteiger partial charge is 0.333 e. The Morgan fingerprint density at radius 2 is 1.77 bits per heavy atom. The molecule has 3 aromatic rings. The fourth-order valence-electron chi connectivity index (χ4n) is 2.04. The molecule has 0 bridgehead atoms. The van der Waals surface area contributed by atoms with E-state index < -0.39 is 4.92 Å². The van der Waals surface area contributed by atoms with Gasteiger partial charge in [0, 0.05) is 9.92 Å². The van der Waals surface area contributed by atoms with Crippen molar-refractivity contribution in [2.45, 2.75) is 9.92 Å². The molecule has 6 nitrogen and oxygen atoms in total. The van der Waals surface area contributed by atoms with E-state index in [-0.39, 0.29) is 21.6 Å². The van der Waals surface area contributed by atoms with Crippen LogP contribution in [-0.4, -0.2) is 14.9 Å². The lowest BCUT2D eigenvalue weighted by molar-refractivity contribution is -0.387. The molecule has 1 N–H and O–H groups in total. The van der Waals surface area contributed by atoms with E-state index in [0.717, 1.165) is 16.7 Å². The minimum Gasteiger partial charge on any atom is -0.333 e. The van der Waals surface area contributed by atoms with Gasteiger partial charge < -0.3 is 5.32 Å². The molecule has 0 saturated carbocycles. The molecule has 1 aromatic heterocycles. The summed E-state index contributed by atoms with van der Waals surface area (Å²) in [5, 5.41) is 15.8. The lowest BCUT2D eigenvalue weighted by Gasteiger charge is -2.10. The first-order valence-electron chi connectivity index (χ1n) is 7.09. The second-order valence-corrected chi connectivity index (χ2v) is 7.20. The normalized spacial score (nSPS) is 10.6. The van der Waals surface area contributed by atoms with Crippen molar-refractivity contribution in [1.29, 1.82) is 0 Å². The van der Waals surface area contributed by atoms with Crippen LogP contribution in [0, 0.1) is 10.1 Å². The minimum absolute atomic E-state index is 0.0191. The zero-order valence-electron chi connectivity index (χ0n) is 12.8. The van der Waals surface area contributed by atoms with Gasteiger partial charge in [0.15, 0.2) is 5.03 Å². The Bertz CT molecular complexity index is 970. The number of hydrogen-bond donors (Lipinski definition) is 1. The zero-order chi connectivity index (χ0) is 18.7. The van der Waals surface area contributed by atoms with Gasteiger partial charge in [0.2, 0.25) is 5.82 Å². The molecule has 10 heteroatoms. The summed E-state index contributed by atoms with van der Waals surface area (Å²) in [6, 6.07) is 11.8. The van der Waals surface area contributed by atoms with Crippen LogP contribution >= 0.6 is 46.6 Å². The first-order chi connectivity index (χ1) is 12.5. The van der Waals surface area contributed by atoms with Crippen LogP contribution < -0.4 is 5.32 Å². The van der Waals surface area contributed by atoms with Gasteiger partial charge in [-0.25, -0.2) is 9.97 Å². The summed E-state index contributed by atoms with van der Waals surface area (Å²) in [6.07, 6.45) is 1.24. The molecule has 0 atom stereocenters. The molecule has 0 aliphatic rings. The molecule has 0 aliphatic heterocycles. The monoisotopic (exact) mass is 426 g/mol. The third-order valence-corrected chi connectivity index (χ3v) is 5.27. The van der Waals surface area contributed by atoms with Crippen LogP contribution in [0.2, 0.25) is 15.1 Å². The Morgan fingerprint density at radius 1 is 1.04 bits per heavy atom. The zero-order valence-corrected chi connectivity index (χ0v) is 15.9. The Balaban J connectivity index is 1.99. The molecule has 3 rings (SSSR count). The molecule has 0 fully saturated rings. The van der Waals surface area contributed by atoms with Crippen LogP contribution in [0.3, 0.4) is 0 Å². The fourth-order valence-corrected chi connectivity index (χ4v) is 3.37. The highest BCUT2D eigenvalue weighted by Crippen LogP contribution is 2.39. The highest BCUT2D eigenvalue weighted by molar-refractivity contribution is 7.99. The van der Waals surface area contributed by atoms with Crippen molar-refractivity contribution in [3.63, 3.8) is 0 Å². The Labute approximate surface area is 167 Å². The molecule has 0 amide bonds. The highest BCUT2D eigenvalue weighted by atomic mass is 35.5. The van der Waals surface area contributed by atoms with Crippen LogP contribution in [0.1, 0.15) is 0 Å². The summed E-state index contributed by atoms with van der Waals surface area (Å²) in [7, 11) is 0. The Morgan fingerprint density at radius 3 is 2.46 bits per heavy atom. The third-order valence-electron chi connectivity index (χ3n) is 3.20. The lowest BCUT2D eigenvalue weighted by atomic mass is 10.3. The molecule has 0 unspecified atom stereocenters. The topological polar surface area (TPSA) is 81.0 Å². The van der Waals surface area contributed by atoms with E-state index in [1.54, 1.807) is 42.5 Å². The Hall–Kier alpha value is -2.06. The summed E-state index contributed by atoms with van der Waals surface area (Å²) >= 11 is 19.1. The van der Waals surface area contributed by atoms with E-state index in [1.807, 2.05) is 0 Å². The molecule has 0 aliphatic carbocycles. The first kappa shape index (κ1) is 18.7. The van der Waals surface area contributed by atoms with E-state index in [4.69, 9.17) is 34.8 Å². The van der Waals surface area contributed by atoms with Crippen molar-refractivity contribution in [3.05, 3.63) is 74.0 Å². The predicted octanol–water partition coefficient (Wildman–Crippen LogP) is 6.24. The van der Waals surface area contributed by atoms with E-state index >= 15 is 0 Å². The second-order valence-electron chi connectivity index (χ2n) is 4.92. The summed E-state index contributed by atoms with van der Waals surface area (Å²) in [4.78, 5) is 19.9. The van der Waals surface area contributed by atoms with Gasteiger partial charge in [-0.15, -0.1) is 0 Å². The number of nitrogens with zero attached hydrogens (tertiary/aromatic N) is 3. The van der Waals surface area contributed by atoms with Crippen LogP contribution in [-0.2, 0) is 0 Å². The standard InChI is InChI=1S/C16H9Cl3N4O2S/c17-9-4-6-10(7-5-9)26-16-14(23(24)25)15(20-8-21-16)22-12-3-1-2-11(18)13(12)19/h1-8H,(H,20,21,22). The number of nitro groups is 1. The largest absolute Gasteiger partial charge is 0.343 e. The average molecular weight is 428 g/mol. The van der Waals surface area contributed by atoms with Crippen molar-refractivity contribution in [1.82, 2.24) is 9.97 Å². The molecular formula is C16H9Cl3N4O2S. The van der Waals surface area contributed by atoms with E-state index in [1.165, 1.54) is 6.33 Å². The summed E-state index contributed by atoms with van der Waals surface area (Å²) in [6.45, 7) is 0. The van der Waals surface area contributed by atoms with Crippen molar-refractivity contribution >= 4 is 63.8 Å². The van der Waals surface area contributed by atoms with Crippen molar-refractivity contribution in [2.75, 3.05) is 5.32 Å². The molecule has 132 valence electrons. The number of halogens is 3. The number of aromatic nitrogens is 2. The Kier molecular flexibility index (Phi) is 5.83. The third kappa shape index (κ3) is 4.19. The quantitative estimate of drug-likeness (QED) is 0.295. The van der Waals surface area contributed by atoms with Crippen LogP contribution in [0.15, 0.2) is 58.7 Å². The van der Waals surface area contributed by atoms with Gasteiger partial charge >= 0.3 is 5.69 Å². The molecule has 0 radical (unpaired) electrons. The molecule has 0 saturated heterocycles. The summed E-state index contributed by atoms with van der Waals surface area (Å²) in [5.41, 5.74) is 0.145. The maximum Gasteiger partial charge on any atom is 0.343 e. The van der Waals surface area contributed by atoms with Crippen molar-refractivity contribution < 1.29 is 4.92 Å². The summed E-state index contributed by atoms with van der Waals surface area (Å²) < 4.78 is 0. The van der Waals surface area contributed by atoms with Crippen LogP contribution in [0.5, 0.6) is 0 Å². The van der Waals surface area contributed by atoms with Crippen LogP contribution in [0.25, 0.3) is 0 Å². The van der Waals surface area contributed by atoms with E-state index in [0.29, 0.717) is 15.7 Å². The minimum atomic E-state index is -0.543. The van der Waals surface area contributed by atoms with Gasteiger partial charge in [0.25, 0.3) is 0 Å². The maximum atomic E-state index is 11.6. The highest BCUT2D eigenvalue weighted by Gasteiger charge is 2.24. The van der Waals surface area contributed by atoms with Gasteiger partial charge in [-0.2, -0.15) is 0 Å². The first-order valence-corrected chi connectivity index (χ1v) is 9.04. The van der Waals surface area contributed by atoms with E-state index in [9.17, 15) is 10.1 Å².